The Morgan fingerprint density at radius 2 is 2.23 bits per heavy atom. The highest BCUT2D eigenvalue weighted by Gasteiger charge is 2.28. The number of nitrogens with one attached hydrogen (secondary N) is 1. The van der Waals surface area contributed by atoms with Gasteiger partial charge >= 0.3 is 0 Å². The normalized spacial score (nSPS) is 17.1. The predicted octanol–water partition coefficient (Wildman–Crippen LogP) is 3.89. The zero-order valence-electron chi connectivity index (χ0n) is 14.2. The molecule has 1 aliphatic rings. The van der Waals surface area contributed by atoms with Crippen LogP contribution in [0.2, 0.25) is 0 Å². The molecule has 1 saturated heterocycles. The van der Waals surface area contributed by atoms with Crippen molar-refractivity contribution in [1.29, 1.82) is 5.26 Å². The van der Waals surface area contributed by atoms with Gasteiger partial charge in [-0.2, -0.15) is 5.26 Å². The van der Waals surface area contributed by atoms with E-state index in [1.807, 2.05) is 18.3 Å². The van der Waals surface area contributed by atoms with Gasteiger partial charge in [0.25, 0.3) is 0 Å². The average Bonchev–Trinajstić information content (AvgIpc) is 3.32. The van der Waals surface area contributed by atoms with Crippen molar-refractivity contribution in [3.63, 3.8) is 0 Å². The Bertz CT molecular complexity index is 917. The average molecular weight is 362 g/mol. The number of nitriles is 1. The third-order valence-electron chi connectivity index (χ3n) is 4.44. The van der Waals surface area contributed by atoms with Crippen molar-refractivity contribution in [2.45, 2.75) is 25.4 Å². The molecule has 0 radical (unpaired) electrons. The van der Waals surface area contributed by atoms with Crippen molar-refractivity contribution < 1.29 is 0 Å². The second kappa shape index (κ2) is 7.60. The molecule has 0 bridgehead atoms. The molecule has 1 atom stereocenters. The first-order chi connectivity index (χ1) is 12.8. The first-order valence-corrected chi connectivity index (χ1v) is 9.42. The third kappa shape index (κ3) is 3.72. The number of anilines is 2. The molecular formula is C19H18N6S. The van der Waals surface area contributed by atoms with Crippen LogP contribution in [0.15, 0.2) is 48.1 Å². The number of hydrogen-bond acceptors (Lipinski definition) is 7. The second-order valence-electron chi connectivity index (χ2n) is 6.19. The SMILES string of the molecule is N#Cc1ccnc(Nc2nc([C@@H]3CCCN3Cc3ccccn3)cs2)c1. The van der Waals surface area contributed by atoms with Crippen LogP contribution >= 0.6 is 11.3 Å². The molecule has 0 aliphatic carbocycles. The van der Waals surface area contributed by atoms with Crippen molar-refractivity contribution in [3.8, 4) is 6.07 Å². The first-order valence-electron chi connectivity index (χ1n) is 8.54. The first kappa shape index (κ1) is 16.6. The van der Waals surface area contributed by atoms with Gasteiger partial charge < -0.3 is 5.32 Å². The summed E-state index contributed by atoms with van der Waals surface area (Å²) in [6.45, 7) is 1.91. The Kier molecular flexibility index (Phi) is 4.86. The predicted molar refractivity (Wildman–Crippen MR) is 101 cm³/mol. The molecule has 3 aromatic heterocycles. The topological polar surface area (TPSA) is 77.7 Å². The molecule has 1 fully saturated rings. The zero-order valence-corrected chi connectivity index (χ0v) is 15.0. The molecule has 0 spiro atoms. The van der Waals surface area contributed by atoms with E-state index < -0.39 is 0 Å². The Balaban J connectivity index is 1.47. The summed E-state index contributed by atoms with van der Waals surface area (Å²) >= 11 is 1.57. The van der Waals surface area contributed by atoms with Gasteiger partial charge in [0, 0.05) is 24.3 Å². The van der Waals surface area contributed by atoms with E-state index in [1.54, 1.807) is 29.7 Å². The maximum absolute atomic E-state index is 9.00. The molecule has 1 N–H and O–H groups in total. The molecule has 26 heavy (non-hydrogen) atoms. The van der Waals surface area contributed by atoms with Gasteiger partial charge in [-0.1, -0.05) is 6.07 Å². The summed E-state index contributed by atoms with van der Waals surface area (Å²) < 4.78 is 0. The number of nitrogens with zero attached hydrogens (tertiary/aromatic N) is 5. The largest absolute Gasteiger partial charge is 0.316 e. The van der Waals surface area contributed by atoms with E-state index in [0.29, 0.717) is 17.4 Å². The lowest BCUT2D eigenvalue weighted by molar-refractivity contribution is 0.242. The molecule has 130 valence electrons. The van der Waals surface area contributed by atoms with Crippen molar-refractivity contribution in [3.05, 3.63) is 65.1 Å². The summed E-state index contributed by atoms with van der Waals surface area (Å²) in [4.78, 5) is 15.9. The molecule has 4 rings (SSSR count). The fourth-order valence-electron chi connectivity index (χ4n) is 3.22. The van der Waals surface area contributed by atoms with Crippen LogP contribution in [0.4, 0.5) is 10.9 Å². The van der Waals surface area contributed by atoms with Crippen molar-refractivity contribution >= 4 is 22.3 Å². The van der Waals surface area contributed by atoms with E-state index >= 15 is 0 Å². The fourth-order valence-corrected chi connectivity index (χ4v) is 3.99. The van der Waals surface area contributed by atoms with E-state index in [4.69, 9.17) is 10.2 Å². The smallest absolute Gasteiger partial charge is 0.188 e. The highest BCUT2D eigenvalue weighted by atomic mass is 32.1. The number of likely N-dealkylation sites (tertiary alicyclic amines) is 1. The number of thiazole rings is 1. The summed E-state index contributed by atoms with van der Waals surface area (Å²) in [7, 11) is 0. The van der Waals surface area contributed by atoms with Gasteiger partial charge in [-0.05, 0) is 43.7 Å². The maximum atomic E-state index is 9.00. The van der Waals surface area contributed by atoms with E-state index in [9.17, 15) is 0 Å². The monoisotopic (exact) mass is 362 g/mol. The second-order valence-corrected chi connectivity index (χ2v) is 7.05. The summed E-state index contributed by atoms with van der Waals surface area (Å²) in [5, 5.41) is 15.1. The minimum absolute atomic E-state index is 0.321. The van der Waals surface area contributed by atoms with Crippen LogP contribution in [0.5, 0.6) is 0 Å². The Morgan fingerprint density at radius 3 is 3.08 bits per heavy atom. The van der Waals surface area contributed by atoms with Gasteiger partial charge in [0.05, 0.1) is 29.1 Å². The lowest BCUT2D eigenvalue weighted by Crippen LogP contribution is -2.23. The van der Waals surface area contributed by atoms with E-state index in [1.165, 1.54) is 6.42 Å². The number of aromatic nitrogens is 3. The van der Waals surface area contributed by atoms with Crippen LogP contribution in [-0.4, -0.2) is 26.4 Å². The molecule has 3 aromatic rings. The van der Waals surface area contributed by atoms with Gasteiger partial charge in [-0.15, -0.1) is 11.3 Å². The molecule has 6 nitrogen and oxygen atoms in total. The van der Waals surface area contributed by atoms with Gasteiger partial charge in [0.15, 0.2) is 5.13 Å². The van der Waals surface area contributed by atoms with Gasteiger partial charge in [0.2, 0.25) is 0 Å². The Morgan fingerprint density at radius 1 is 1.27 bits per heavy atom. The van der Waals surface area contributed by atoms with Crippen molar-refractivity contribution in [1.82, 2.24) is 19.9 Å². The standard InChI is InChI=1S/C19H18N6S/c20-11-14-6-8-22-18(10-14)24-19-23-16(13-26-19)17-5-3-9-25(17)12-15-4-1-2-7-21-15/h1-2,4,6-8,10,13,17H,3,5,9,12H2,(H,22,23,24)/t17-/m0/s1. The van der Waals surface area contributed by atoms with Crippen LogP contribution < -0.4 is 5.32 Å². The minimum Gasteiger partial charge on any atom is -0.316 e. The molecular weight excluding hydrogens is 344 g/mol. The van der Waals surface area contributed by atoms with Gasteiger partial charge in [-0.3, -0.25) is 9.88 Å². The van der Waals surface area contributed by atoms with Crippen LogP contribution in [0.3, 0.4) is 0 Å². The highest BCUT2D eigenvalue weighted by molar-refractivity contribution is 7.13. The van der Waals surface area contributed by atoms with Crippen LogP contribution in [0.1, 0.15) is 35.8 Å². The quantitative estimate of drug-likeness (QED) is 0.742. The fraction of sp³-hybridized carbons (Fsp3) is 0.263. The minimum atomic E-state index is 0.321. The summed E-state index contributed by atoms with van der Waals surface area (Å²) in [6, 6.07) is 11.9. The number of hydrogen-bond donors (Lipinski definition) is 1. The van der Waals surface area contributed by atoms with Crippen LogP contribution in [0, 0.1) is 11.3 Å². The van der Waals surface area contributed by atoms with Crippen molar-refractivity contribution in [2.75, 3.05) is 11.9 Å². The maximum Gasteiger partial charge on any atom is 0.188 e. The molecule has 1 aliphatic heterocycles. The van der Waals surface area contributed by atoms with Crippen LogP contribution in [-0.2, 0) is 6.54 Å². The molecule has 0 amide bonds. The molecule has 4 heterocycles. The number of pyridine rings is 2. The summed E-state index contributed by atoms with van der Waals surface area (Å²) in [6.07, 6.45) is 5.75. The molecule has 7 heteroatoms. The van der Waals surface area contributed by atoms with E-state index in [0.717, 1.165) is 36.0 Å². The van der Waals surface area contributed by atoms with E-state index in [2.05, 4.69) is 37.7 Å². The van der Waals surface area contributed by atoms with Crippen LogP contribution in [0.25, 0.3) is 0 Å². The zero-order chi connectivity index (χ0) is 17.8. The number of rotatable bonds is 5. The highest BCUT2D eigenvalue weighted by Crippen LogP contribution is 2.34. The molecule has 0 unspecified atom stereocenters. The van der Waals surface area contributed by atoms with Gasteiger partial charge in [0.1, 0.15) is 5.82 Å². The van der Waals surface area contributed by atoms with E-state index in [-0.39, 0.29) is 0 Å². The summed E-state index contributed by atoms with van der Waals surface area (Å²) in [5.41, 5.74) is 2.75. The lowest BCUT2D eigenvalue weighted by Gasteiger charge is -2.22. The third-order valence-corrected chi connectivity index (χ3v) is 5.22. The van der Waals surface area contributed by atoms with Gasteiger partial charge in [-0.25, -0.2) is 9.97 Å². The Hall–Kier alpha value is -2.82. The summed E-state index contributed by atoms with van der Waals surface area (Å²) in [5.74, 6) is 0.640. The molecule has 0 aromatic carbocycles. The Labute approximate surface area is 156 Å². The van der Waals surface area contributed by atoms with Crippen molar-refractivity contribution in [2.24, 2.45) is 0 Å². The lowest BCUT2D eigenvalue weighted by atomic mass is 10.1. The molecule has 0 saturated carbocycles.